The molecule has 0 unspecified atom stereocenters. The monoisotopic (exact) mass is 263 g/mol. The van der Waals surface area contributed by atoms with Crippen molar-refractivity contribution in [1.82, 2.24) is 9.88 Å². The molecule has 2 heterocycles. The Kier molecular flexibility index (Phi) is 3.67. The van der Waals surface area contributed by atoms with Crippen LogP contribution in [0.3, 0.4) is 0 Å². The number of rotatable bonds is 1. The molecule has 0 spiro atoms. The number of pyridine rings is 1. The van der Waals surface area contributed by atoms with Gasteiger partial charge in [-0.05, 0) is 45.7 Å². The summed E-state index contributed by atoms with van der Waals surface area (Å²) in [6.45, 7) is 7.00. The second-order valence-electron chi connectivity index (χ2n) is 5.93. The number of aromatic nitrogens is 1. The highest BCUT2D eigenvalue weighted by Crippen LogP contribution is 2.27. The number of hydrogen-bond acceptors (Lipinski definition) is 3. The van der Waals surface area contributed by atoms with Crippen molar-refractivity contribution < 1.29 is 10.9 Å². The van der Waals surface area contributed by atoms with Gasteiger partial charge < -0.3 is 9.64 Å². The minimum absolute atomic E-state index is 0.238. The SMILES string of the molecule is [2H]c1cccc(C2CCN(C(=O)OC(C)(C)C)CC2)n1. The molecule has 0 atom stereocenters. The molecule has 1 amide bonds. The first kappa shape index (κ1) is 12.5. The highest BCUT2D eigenvalue weighted by Gasteiger charge is 2.27. The number of amides is 1. The van der Waals surface area contributed by atoms with Crippen molar-refractivity contribution in [3.05, 3.63) is 30.1 Å². The van der Waals surface area contributed by atoms with E-state index in [2.05, 4.69) is 4.98 Å². The molecule has 0 bridgehead atoms. The summed E-state index contributed by atoms with van der Waals surface area (Å²) in [5, 5.41) is 0. The highest BCUT2D eigenvalue weighted by molar-refractivity contribution is 5.68. The molecule has 1 aromatic heterocycles. The highest BCUT2D eigenvalue weighted by atomic mass is 16.6. The average molecular weight is 263 g/mol. The summed E-state index contributed by atoms with van der Waals surface area (Å²) < 4.78 is 12.9. The molecule has 0 aliphatic carbocycles. The lowest BCUT2D eigenvalue weighted by molar-refractivity contribution is 0.0204. The van der Waals surface area contributed by atoms with Crippen LogP contribution in [0.4, 0.5) is 4.79 Å². The van der Waals surface area contributed by atoms with Crippen LogP contribution in [0.1, 0.15) is 46.6 Å². The molecule has 1 aliphatic heterocycles. The Morgan fingerprint density at radius 3 is 2.68 bits per heavy atom. The van der Waals surface area contributed by atoms with Crippen LogP contribution in [0.25, 0.3) is 0 Å². The smallest absolute Gasteiger partial charge is 0.410 e. The first-order valence-electron chi connectivity index (χ1n) is 7.26. The van der Waals surface area contributed by atoms with Crippen LogP contribution >= 0.6 is 0 Å². The second kappa shape index (κ2) is 5.59. The van der Waals surface area contributed by atoms with Crippen molar-refractivity contribution in [3.8, 4) is 0 Å². The number of likely N-dealkylation sites (tertiary alicyclic amines) is 1. The molecular weight excluding hydrogens is 240 g/mol. The molecule has 104 valence electrons. The first-order chi connectivity index (χ1) is 9.35. The lowest BCUT2D eigenvalue weighted by Crippen LogP contribution is -2.41. The molecule has 1 aliphatic rings. The normalized spacial score (nSPS) is 18.1. The lowest BCUT2D eigenvalue weighted by Gasteiger charge is -2.33. The van der Waals surface area contributed by atoms with E-state index < -0.39 is 5.60 Å². The maximum Gasteiger partial charge on any atom is 0.410 e. The first-order valence-corrected chi connectivity index (χ1v) is 6.76. The Bertz CT molecular complexity index is 477. The van der Waals surface area contributed by atoms with Gasteiger partial charge in [-0.1, -0.05) is 6.07 Å². The van der Waals surface area contributed by atoms with Crippen molar-refractivity contribution in [2.45, 2.75) is 45.1 Å². The van der Waals surface area contributed by atoms with E-state index in [9.17, 15) is 4.79 Å². The van der Waals surface area contributed by atoms with Crippen molar-refractivity contribution in [2.24, 2.45) is 0 Å². The summed E-state index contributed by atoms with van der Waals surface area (Å²) in [4.78, 5) is 18.0. The number of nitrogens with zero attached hydrogens (tertiary/aromatic N) is 2. The quantitative estimate of drug-likeness (QED) is 0.781. The summed E-state index contributed by atoms with van der Waals surface area (Å²) in [6, 6.07) is 5.51. The minimum atomic E-state index is -0.449. The van der Waals surface area contributed by atoms with Gasteiger partial charge in [0.25, 0.3) is 0 Å². The molecule has 0 aromatic carbocycles. The molecule has 1 saturated heterocycles. The number of piperidine rings is 1. The number of carbonyl (C=O) groups excluding carboxylic acids is 1. The summed E-state index contributed by atoms with van der Waals surface area (Å²) >= 11 is 0. The van der Waals surface area contributed by atoms with Crippen LogP contribution in [-0.2, 0) is 4.74 Å². The zero-order valence-corrected chi connectivity index (χ0v) is 11.8. The van der Waals surface area contributed by atoms with Gasteiger partial charge in [-0.25, -0.2) is 4.79 Å². The predicted molar refractivity (Wildman–Crippen MR) is 74.0 cm³/mol. The van der Waals surface area contributed by atoms with E-state index in [-0.39, 0.29) is 6.09 Å². The average Bonchev–Trinajstić information content (AvgIpc) is 2.37. The Morgan fingerprint density at radius 1 is 1.42 bits per heavy atom. The van der Waals surface area contributed by atoms with E-state index in [1.807, 2.05) is 32.9 Å². The molecular formula is C15H22N2O2. The maximum atomic E-state index is 12.0. The predicted octanol–water partition coefficient (Wildman–Crippen LogP) is 3.20. The van der Waals surface area contributed by atoms with Gasteiger partial charge >= 0.3 is 6.09 Å². The standard InChI is InChI=1S/C15H22N2O2/c1-15(2,3)19-14(18)17-10-7-12(8-11-17)13-6-4-5-9-16-13/h4-6,9,12H,7-8,10-11H2,1-3H3/i9D. The van der Waals surface area contributed by atoms with Gasteiger partial charge in [0.1, 0.15) is 5.60 Å². The van der Waals surface area contributed by atoms with Gasteiger partial charge in [0.2, 0.25) is 0 Å². The number of ether oxygens (including phenoxy) is 1. The molecule has 0 N–H and O–H groups in total. The van der Waals surface area contributed by atoms with Crippen molar-refractivity contribution in [2.75, 3.05) is 13.1 Å². The summed E-state index contributed by atoms with van der Waals surface area (Å²) in [7, 11) is 0. The third kappa shape index (κ3) is 3.94. The Hall–Kier alpha value is -1.58. The zero-order chi connectivity index (χ0) is 14.8. The summed E-state index contributed by atoms with van der Waals surface area (Å²) in [6.07, 6.45) is 1.81. The van der Waals surface area contributed by atoms with Crippen LogP contribution in [0, 0.1) is 0 Å². The van der Waals surface area contributed by atoms with E-state index in [1.165, 1.54) is 0 Å². The van der Waals surface area contributed by atoms with Crippen LogP contribution in [0.5, 0.6) is 0 Å². The molecule has 0 saturated carbocycles. The third-order valence-corrected chi connectivity index (χ3v) is 3.20. The maximum absolute atomic E-state index is 12.0. The van der Waals surface area contributed by atoms with Gasteiger partial charge in [-0.3, -0.25) is 4.98 Å². The van der Waals surface area contributed by atoms with Gasteiger partial charge in [0.05, 0.1) is 1.37 Å². The third-order valence-electron chi connectivity index (χ3n) is 3.20. The van der Waals surface area contributed by atoms with E-state index in [0.717, 1.165) is 18.5 Å². The summed E-state index contributed by atoms with van der Waals surface area (Å²) in [5.41, 5.74) is 0.510. The van der Waals surface area contributed by atoms with E-state index in [0.29, 0.717) is 25.2 Å². The van der Waals surface area contributed by atoms with Crippen molar-refractivity contribution in [1.29, 1.82) is 0 Å². The fraction of sp³-hybridized carbons (Fsp3) is 0.600. The van der Waals surface area contributed by atoms with Crippen LogP contribution in [0.15, 0.2) is 24.4 Å². The molecule has 0 radical (unpaired) electrons. The van der Waals surface area contributed by atoms with Crippen molar-refractivity contribution >= 4 is 6.09 Å². The Balaban J connectivity index is 1.91. The van der Waals surface area contributed by atoms with Gasteiger partial charge in [0.15, 0.2) is 0 Å². The van der Waals surface area contributed by atoms with Crippen molar-refractivity contribution in [3.63, 3.8) is 0 Å². The van der Waals surface area contributed by atoms with Gasteiger partial charge in [0, 0.05) is 30.9 Å². The Labute approximate surface area is 116 Å². The second-order valence-corrected chi connectivity index (χ2v) is 5.93. The van der Waals surface area contributed by atoms with Crippen LogP contribution in [0.2, 0.25) is 0 Å². The summed E-state index contributed by atoms with van der Waals surface area (Å²) in [5.74, 6) is 0.332. The van der Waals surface area contributed by atoms with Gasteiger partial charge in [-0.2, -0.15) is 0 Å². The minimum Gasteiger partial charge on any atom is -0.444 e. The van der Waals surface area contributed by atoms with E-state index in [1.54, 1.807) is 11.0 Å². The Morgan fingerprint density at radius 2 is 2.11 bits per heavy atom. The molecule has 4 heteroatoms. The number of carbonyl (C=O) groups is 1. The topological polar surface area (TPSA) is 42.4 Å². The molecule has 2 rings (SSSR count). The number of hydrogen-bond donors (Lipinski definition) is 0. The van der Waals surface area contributed by atoms with Gasteiger partial charge in [-0.15, -0.1) is 0 Å². The molecule has 4 nitrogen and oxygen atoms in total. The van der Waals surface area contributed by atoms with E-state index >= 15 is 0 Å². The van der Waals surface area contributed by atoms with E-state index in [4.69, 9.17) is 6.11 Å². The molecule has 1 fully saturated rings. The fourth-order valence-electron chi connectivity index (χ4n) is 2.25. The molecule has 1 aromatic rings. The van der Waals surface area contributed by atoms with Crippen LogP contribution in [-0.4, -0.2) is 34.7 Å². The zero-order valence-electron chi connectivity index (χ0n) is 12.8. The lowest BCUT2D eigenvalue weighted by atomic mass is 9.93. The largest absolute Gasteiger partial charge is 0.444 e. The molecule has 19 heavy (non-hydrogen) atoms. The van der Waals surface area contributed by atoms with Crippen LogP contribution < -0.4 is 0 Å². The fourth-order valence-corrected chi connectivity index (χ4v) is 2.25.